The van der Waals surface area contributed by atoms with E-state index in [1.54, 1.807) is 0 Å². The molecule has 3 rings (SSSR count). The number of pyridine rings is 1. The van der Waals surface area contributed by atoms with Gasteiger partial charge in [-0.25, -0.2) is 4.98 Å². The number of aryl methyl sites for hydroxylation is 1. The number of nitrogens with zero attached hydrogens (tertiary/aromatic N) is 1. The average Bonchev–Trinajstić information content (AvgIpc) is 2.70. The van der Waals surface area contributed by atoms with Gasteiger partial charge < -0.3 is 4.74 Å². The van der Waals surface area contributed by atoms with Crippen LogP contribution in [0.25, 0.3) is 0 Å². The second kappa shape index (κ2) is 9.92. The van der Waals surface area contributed by atoms with Gasteiger partial charge in [0.2, 0.25) is 0 Å². The lowest BCUT2D eigenvalue weighted by atomic mass is 9.76. The Morgan fingerprint density at radius 1 is 1.13 bits per heavy atom. The van der Waals surface area contributed by atoms with Crippen LogP contribution in [0.3, 0.4) is 0 Å². The van der Waals surface area contributed by atoms with Crippen LogP contribution in [0, 0.1) is 11.8 Å². The van der Waals surface area contributed by atoms with Gasteiger partial charge in [0.15, 0.2) is 0 Å². The first-order valence-corrected chi connectivity index (χ1v) is 12.0. The molecule has 0 amide bonds. The number of ether oxygens (including phenoxy) is 1. The van der Waals surface area contributed by atoms with Crippen LogP contribution in [0.5, 0.6) is 0 Å². The lowest BCUT2D eigenvalue weighted by molar-refractivity contribution is -0.143. The van der Waals surface area contributed by atoms with E-state index < -0.39 is 0 Å². The van der Waals surface area contributed by atoms with Crippen molar-refractivity contribution in [3.8, 4) is 11.8 Å². The van der Waals surface area contributed by atoms with E-state index in [2.05, 4.69) is 68.8 Å². The SMILES string of the molecule is CCOC(=O)CCCCc1ccc(C#Cc2ccc3c(c2)C(C)(C)CC(C)(C)S3)nc1. The van der Waals surface area contributed by atoms with Crippen molar-refractivity contribution in [2.24, 2.45) is 0 Å². The molecule has 1 aromatic heterocycles. The highest BCUT2D eigenvalue weighted by Crippen LogP contribution is 2.50. The summed E-state index contributed by atoms with van der Waals surface area (Å²) in [5, 5.41) is 0. The molecule has 0 spiro atoms. The molecular formula is C27H33NO2S. The molecule has 0 bridgehead atoms. The molecular weight excluding hydrogens is 402 g/mol. The normalized spacial score (nSPS) is 16.0. The number of benzene rings is 1. The summed E-state index contributed by atoms with van der Waals surface area (Å²) >= 11 is 1.97. The van der Waals surface area contributed by atoms with Crippen LogP contribution in [0.2, 0.25) is 0 Å². The first-order chi connectivity index (χ1) is 14.7. The van der Waals surface area contributed by atoms with Crippen LogP contribution in [-0.4, -0.2) is 22.3 Å². The predicted molar refractivity (Wildman–Crippen MR) is 128 cm³/mol. The van der Waals surface area contributed by atoms with E-state index in [0.29, 0.717) is 13.0 Å². The Morgan fingerprint density at radius 2 is 1.94 bits per heavy atom. The molecule has 0 fully saturated rings. The number of fused-ring (bicyclic) bond motifs is 1. The number of thioether (sulfide) groups is 1. The van der Waals surface area contributed by atoms with Crippen molar-refractivity contribution in [3.05, 3.63) is 58.9 Å². The first kappa shape index (κ1) is 23.4. The molecule has 0 radical (unpaired) electrons. The number of esters is 1. The fourth-order valence-corrected chi connectivity index (χ4v) is 5.94. The molecule has 0 N–H and O–H groups in total. The molecule has 1 aliphatic heterocycles. The fourth-order valence-electron chi connectivity index (χ4n) is 4.33. The lowest BCUT2D eigenvalue weighted by Crippen LogP contribution is -2.33. The molecule has 2 aromatic rings. The topological polar surface area (TPSA) is 39.2 Å². The van der Waals surface area contributed by atoms with E-state index in [0.717, 1.165) is 36.9 Å². The van der Waals surface area contributed by atoms with Gasteiger partial charge in [-0.1, -0.05) is 39.7 Å². The predicted octanol–water partition coefficient (Wildman–Crippen LogP) is 6.31. The van der Waals surface area contributed by atoms with Gasteiger partial charge in [0.25, 0.3) is 0 Å². The van der Waals surface area contributed by atoms with Crippen molar-refractivity contribution in [3.63, 3.8) is 0 Å². The summed E-state index contributed by atoms with van der Waals surface area (Å²) in [5.74, 6) is 6.39. The van der Waals surface area contributed by atoms with E-state index in [4.69, 9.17) is 4.74 Å². The summed E-state index contributed by atoms with van der Waals surface area (Å²) in [4.78, 5) is 17.3. The zero-order valence-electron chi connectivity index (χ0n) is 19.4. The van der Waals surface area contributed by atoms with E-state index >= 15 is 0 Å². The summed E-state index contributed by atoms with van der Waals surface area (Å²) in [6.45, 7) is 11.6. The molecule has 31 heavy (non-hydrogen) atoms. The molecule has 4 heteroatoms. The summed E-state index contributed by atoms with van der Waals surface area (Å²) in [6.07, 6.45) is 6.22. The number of rotatable bonds is 6. The number of unbranched alkanes of at least 4 members (excludes halogenated alkanes) is 1. The highest BCUT2D eigenvalue weighted by Gasteiger charge is 2.37. The van der Waals surface area contributed by atoms with Crippen LogP contribution in [-0.2, 0) is 21.4 Å². The number of hydrogen-bond acceptors (Lipinski definition) is 4. The first-order valence-electron chi connectivity index (χ1n) is 11.1. The molecule has 164 valence electrons. The van der Waals surface area contributed by atoms with Crippen LogP contribution in [0.15, 0.2) is 41.4 Å². The molecule has 0 aliphatic carbocycles. The van der Waals surface area contributed by atoms with E-state index in [9.17, 15) is 4.79 Å². The van der Waals surface area contributed by atoms with Gasteiger partial charge in [0.1, 0.15) is 5.69 Å². The maximum Gasteiger partial charge on any atom is 0.305 e. The zero-order valence-corrected chi connectivity index (χ0v) is 20.2. The Morgan fingerprint density at radius 3 is 2.65 bits per heavy atom. The molecule has 1 aliphatic rings. The minimum Gasteiger partial charge on any atom is -0.466 e. The third kappa shape index (κ3) is 6.61. The number of hydrogen-bond donors (Lipinski definition) is 0. The highest BCUT2D eigenvalue weighted by molar-refractivity contribution is 8.00. The summed E-state index contributed by atoms with van der Waals surface area (Å²) in [5.41, 5.74) is 4.54. The van der Waals surface area contributed by atoms with Gasteiger partial charge in [0, 0.05) is 27.8 Å². The van der Waals surface area contributed by atoms with Gasteiger partial charge in [-0.2, -0.15) is 0 Å². The Hall–Kier alpha value is -2.25. The standard InChI is InChI=1S/C27H33NO2S/c1-6-30-25(29)10-8-7-9-21-12-15-22(28-18-21)14-11-20-13-16-24-23(17-20)26(2,3)19-27(4,5)31-24/h12-13,15-18H,6-10,19H2,1-5H3. The highest BCUT2D eigenvalue weighted by atomic mass is 32.2. The monoisotopic (exact) mass is 435 g/mol. The second-order valence-electron chi connectivity index (χ2n) is 9.45. The minimum atomic E-state index is -0.112. The van der Waals surface area contributed by atoms with Crippen LogP contribution in [0.4, 0.5) is 0 Å². The van der Waals surface area contributed by atoms with Gasteiger partial charge in [0.05, 0.1) is 6.61 Å². The Bertz CT molecular complexity index is 981. The summed E-state index contributed by atoms with van der Waals surface area (Å²) in [6, 6.07) is 10.7. The average molecular weight is 436 g/mol. The molecule has 0 saturated heterocycles. The number of aromatic nitrogens is 1. The van der Waals surface area contributed by atoms with Crippen molar-refractivity contribution in [1.29, 1.82) is 0 Å². The molecule has 0 saturated carbocycles. The van der Waals surface area contributed by atoms with Crippen LogP contribution in [0.1, 0.15) is 82.7 Å². The van der Waals surface area contributed by atoms with Crippen molar-refractivity contribution in [2.75, 3.05) is 6.61 Å². The lowest BCUT2D eigenvalue weighted by Gasteiger charge is -2.41. The summed E-state index contributed by atoms with van der Waals surface area (Å²) in [7, 11) is 0. The third-order valence-electron chi connectivity index (χ3n) is 5.52. The minimum absolute atomic E-state index is 0.112. The largest absolute Gasteiger partial charge is 0.466 e. The van der Waals surface area contributed by atoms with Crippen molar-refractivity contribution >= 4 is 17.7 Å². The Labute approximate surface area is 191 Å². The Kier molecular flexibility index (Phi) is 7.49. The molecule has 0 unspecified atom stereocenters. The summed E-state index contributed by atoms with van der Waals surface area (Å²) < 4.78 is 5.21. The number of carbonyl (C=O) groups is 1. The van der Waals surface area contributed by atoms with Crippen molar-refractivity contribution in [2.45, 2.75) is 81.8 Å². The van der Waals surface area contributed by atoms with E-state index in [-0.39, 0.29) is 16.1 Å². The Balaban J connectivity index is 1.61. The third-order valence-corrected chi connectivity index (χ3v) is 6.80. The fraction of sp³-hybridized carbons (Fsp3) is 0.481. The number of carbonyl (C=O) groups excluding carboxylic acids is 1. The molecule has 2 heterocycles. The van der Waals surface area contributed by atoms with Gasteiger partial charge >= 0.3 is 5.97 Å². The second-order valence-corrected chi connectivity index (χ2v) is 11.2. The maximum atomic E-state index is 11.4. The van der Waals surface area contributed by atoms with Crippen LogP contribution >= 0.6 is 11.8 Å². The van der Waals surface area contributed by atoms with E-state index in [1.165, 1.54) is 16.0 Å². The van der Waals surface area contributed by atoms with Gasteiger partial charge in [-0.3, -0.25) is 4.79 Å². The van der Waals surface area contributed by atoms with E-state index in [1.807, 2.05) is 30.9 Å². The van der Waals surface area contributed by atoms with Crippen molar-refractivity contribution in [1.82, 2.24) is 4.98 Å². The van der Waals surface area contributed by atoms with Crippen molar-refractivity contribution < 1.29 is 9.53 Å². The quantitative estimate of drug-likeness (QED) is 0.303. The zero-order chi connectivity index (χ0) is 22.5. The van der Waals surface area contributed by atoms with Gasteiger partial charge in [-0.05, 0) is 79.3 Å². The smallest absolute Gasteiger partial charge is 0.305 e. The van der Waals surface area contributed by atoms with Crippen LogP contribution < -0.4 is 0 Å². The van der Waals surface area contributed by atoms with Gasteiger partial charge in [-0.15, -0.1) is 11.8 Å². The molecule has 3 nitrogen and oxygen atoms in total. The molecule has 0 atom stereocenters. The molecule has 1 aromatic carbocycles. The maximum absolute atomic E-state index is 11.4.